The Hall–Kier alpha value is -2.76. The van der Waals surface area contributed by atoms with Crippen LogP contribution < -0.4 is 10.3 Å². The Labute approximate surface area is 133 Å². The average molecular weight is 313 g/mol. The number of nitrogens with one attached hydrogen (secondary N) is 1. The lowest BCUT2D eigenvalue weighted by Crippen LogP contribution is -2.43. The van der Waals surface area contributed by atoms with Crippen molar-refractivity contribution in [2.24, 2.45) is 13.0 Å². The van der Waals surface area contributed by atoms with E-state index in [0.717, 1.165) is 10.9 Å². The van der Waals surface area contributed by atoms with Gasteiger partial charge in [-0.2, -0.15) is 0 Å². The Morgan fingerprint density at radius 1 is 1.35 bits per heavy atom. The number of aromatic amines is 1. The van der Waals surface area contributed by atoms with Crippen molar-refractivity contribution in [2.45, 2.75) is 20.3 Å². The van der Waals surface area contributed by atoms with E-state index in [1.807, 2.05) is 38.1 Å². The third-order valence-corrected chi connectivity index (χ3v) is 3.98. The quantitative estimate of drug-likeness (QED) is 0.573. The largest absolute Gasteiger partial charge is 0.616 e. The molecule has 23 heavy (non-hydrogen) atoms. The van der Waals surface area contributed by atoms with Gasteiger partial charge in [-0.3, -0.25) is 9.36 Å². The van der Waals surface area contributed by atoms with E-state index in [9.17, 15) is 15.1 Å². The van der Waals surface area contributed by atoms with Crippen LogP contribution in [0.3, 0.4) is 0 Å². The first-order valence-corrected chi connectivity index (χ1v) is 7.52. The predicted octanol–water partition coefficient (Wildman–Crippen LogP) is 2.07. The second kappa shape index (κ2) is 5.46. The molecule has 0 spiro atoms. The molecule has 0 amide bonds. The third kappa shape index (κ3) is 2.36. The Morgan fingerprint density at radius 2 is 2.04 bits per heavy atom. The molecule has 0 radical (unpaired) electrons. The summed E-state index contributed by atoms with van der Waals surface area (Å²) in [6.45, 7) is 3.84. The number of rotatable bonds is 3. The molecule has 6 heteroatoms. The van der Waals surface area contributed by atoms with E-state index in [-0.39, 0.29) is 22.9 Å². The highest BCUT2D eigenvalue weighted by molar-refractivity contribution is 5.95. The molecule has 2 heterocycles. The van der Waals surface area contributed by atoms with Crippen LogP contribution in [0.25, 0.3) is 22.2 Å². The molecular weight excluding hydrogens is 294 g/mol. The number of H-pyrrole nitrogens is 1. The minimum absolute atomic E-state index is 0.0589. The van der Waals surface area contributed by atoms with Crippen molar-refractivity contribution in [3.8, 4) is 17.1 Å². The van der Waals surface area contributed by atoms with E-state index in [1.54, 1.807) is 13.2 Å². The number of para-hydroxylation sites is 1. The molecule has 2 aromatic heterocycles. The van der Waals surface area contributed by atoms with Crippen LogP contribution in [0.2, 0.25) is 0 Å². The average Bonchev–Trinajstić information content (AvgIpc) is 2.94. The monoisotopic (exact) mass is 313 g/mol. The lowest BCUT2D eigenvalue weighted by Gasteiger charge is -2.13. The normalized spacial score (nSPS) is 11.5. The van der Waals surface area contributed by atoms with E-state index in [1.165, 1.54) is 4.57 Å². The molecule has 0 aliphatic heterocycles. The fourth-order valence-electron chi connectivity index (χ4n) is 2.88. The van der Waals surface area contributed by atoms with Gasteiger partial charge in [0, 0.05) is 36.1 Å². The molecular formula is C17H19N3O3. The SMILES string of the molecule is CC(C)Cc1c(=O)n(C)c(-c2c[nH]c3ccccc23)c(O)[n+]1[O-]. The smallest absolute Gasteiger partial charge is 0.402 e. The summed E-state index contributed by atoms with van der Waals surface area (Å²) in [6.07, 6.45) is 2.01. The number of fused-ring (bicyclic) bond motifs is 1. The molecule has 0 fully saturated rings. The van der Waals surface area contributed by atoms with Crippen LogP contribution in [0, 0.1) is 11.1 Å². The zero-order valence-corrected chi connectivity index (χ0v) is 13.3. The minimum atomic E-state index is -0.451. The molecule has 0 unspecified atom stereocenters. The van der Waals surface area contributed by atoms with Crippen molar-refractivity contribution >= 4 is 10.9 Å². The highest BCUT2D eigenvalue weighted by atomic mass is 16.5. The zero-order valence-electron chi connectivity index (χ0n) is 13.3. The fraction of sp³-hybridized carbons (Fsp3) is 0.294. The Bertz CT molecular complexity index is 938. The van der Waals surface area contributed by atoms with Crippen LogP contribution in [0.5, 0.6) is 5.88 Å². The van der Waals surface area contributed by atoms with Crippen molar-refractivity contribution in [3.63, 3.8) is 0 Å². The molecule has 0 aliphatic rings. The molecule has 1 aromatic carbocycles. The van der Waals surface area contributed by atoms with Gasteiger partial charge in [0.25, 0.3) is 5.69 Å². The van der Waals surface area contributed by atoms with Gasteiger partial charge in [-0.1, -0.05) is 32.0 Å². The van der Waals surface area contributed by atoms with Gasteiger partial charge in [0.1, 0.15) is 0 Å². The maximum absolute atomic E-state index is 12.6. The maximum atomic E-state index is 12.6. The van der Waals surface area contributed by atoms with Crippen LogP contribution in [0.15, 0.2) is 35.3 Å². The standard InChI is InChI=1S/C17H19N3O3/c1-10(2)8-14-16(21)19(3)15(17(22)20(14)23)12-9-18-13-7-5-4-6-11(12)13/h4-7,9-10,18,22H,8H2,1-3H3. The van der Waals surface area contributed by atoms with Gasteiger partial charge in [0.05, 0.1) is 0 Å². The molecule has 0 saturated carbocycles. The number of hydrogen-bond acceptors (Lipinski definition) is 3. The van der Waals surface area contributed by atoms with Crippen molar-refractivity contribution in [2.75, 3.05) is 0 Å². The van der Waals surface area contributed by atoms with Gasteiger partial charge in [-0.15, -0.1) is 4.73 Å². The topological polar surface area (TPSA) is 85.0 Å². The van der Waals surface area contributed by atoms with Crippen molar-refractivity contribution < 1.29 is 9.84 Å². The van der Waals surface area contributed by atoms with E-state index in [4.69, 9.17) is 0 Å². The van der Waals surface area contributed by atoms with Gasteiger partial charge in [-0.25, -0.2) is 0 Å². The first-order chi connectivity index (χ1) is 10.9. The van der Waals surface area contributed by atoms with E-state index in [2.05, 4.69) is 4.98 Å². The first-order valence-electron chi connectivity index (χ1n) is 7.52. The van der Waals surface area contributed by atoms with Crippen LogP contribution in [-0.4, -0.2) is 14.7 Å². The van der Waals surface area contributed by atoms with Gasteiger partial charge in [-0.05, 0) is 12.0 Å². The number of nitrogens with zero attached hydrogens (tertiary/aromatic N) is 2. The molecule has 0 atom stereocenters. The highest BCUT2D eigenvalue weighted by Crippen LogP contribution is 2.31. The predicted molar refractivity (Wildman–Crippen MR) is 88.1 cm³/mol. The van der Waals surface area contributed by atoms with Crippen LogP contribution in [0.4, 0.5) is 0 Å². The number of aromatic nitrogens is 3. The fourth-order valence-corrected chi connectivity index (χ4v) is 2.88. The van der Waals surface area contributed by atoms with E-state index < -0.39 is 5.88 Å². The van der Waals surface area contributed by atoms with Gasteiger partial charge >= 0.3 is 11.4 Å². The van der Waals surface area contributed by atoms with Crippen LogP contribution in [-0.2, 0) is 13.5 Å². The number of benzene rings is 1. The second-order valence-electron chi connectivity index (χ2n) is 6.12. The van der Waals surface area contributed by atoms with E-state index >= 15 is 0 Å². The number of hydrogen-bond donors (Lipinski definition) is 2. The maximum Gasteiger partial charge on any atom is 0.402 e. The summed E-state index contributed by atoms with van der Waals surface area (Å²) in [4.78, 5) is 15.6. The summed E-state index contributed by atoms with van der Waals surface area (Å²) in [7, 11) is 1.57. The highest BCUT2D eigenvalue weighted by Gasteiger charge is 2.27. The molecule has 0 saturated heterocycles. The molecule has 3 rings (SSSR count). The van der Waals surface area contributed by atoms with Crippen molar-refractivity contribution in [1.29, 1.82) is 0 Å². The summed E-state index contributed by atoms with van der Waals surface area (Å²) in [5.41, 5.74) is 1.39. The zero-order chi connectivity index (χ0) is 16.7. The van der Waals surface area contributed by atoms with Gasteiger partial charge in [0.15, 0.2) is 5.69 Å². The Kier molecular flexibility index (Phi) is 3.60. The molecule has 0 bridgehead atoms. The summed E-state index contributed by atoms with van der Waals surface area (Å²) < 4.78 is 1.70. The van der Waals surface area contributed by atoms with Crippen molar-refractivity contribution in [3.05, 3.63) is 51.7 Å². The summed E-state index contributed by atoms with van der Waals surface area (Å²) in [5, 5.41) is 23.6. The van der Waals surface area contributed by atoms with Gasteiger partial charge < -0.3 is 15.3 Å². The molecule has 3 aromatic rings. The Morgan fingerprint density at radius 3 is 2.74 bits per heavy atom. The lowest BCUT2D eigenvalue weighted by atomic mass is 10.1. The summed E-state index contributed by atoms with van der Waals surface area (Å²) in [5.74, 6) is -0.311. The van der Waals surface area contributed by atoms with Gasteiger partial charge in [0.2, 0.25) is 0 Å². The molecule has 0 aliphatic carbocycles. The molecule has 120 valence electrons. The van der Waals surface area contributed by atoms with Crippen molar-refractivity contribution in [1.82, 2.24) is 9.55 Å². The summed E-state index contributed by atoms with van der Waals surface area (Å²) >= 11 is 0. The minimum Gasteiger partial charge on any atom is -0.616 e. The number of aromatic hydroxyl groups is 1. The third-order valence-electron chi connectivity index (χ3n) is 3.98. The lowest BCUT2D eigenvalue weighted by molar-refractivity contribution is -0.623. The molecule has 6 nitrogen and oxygen atoms in total. The Balaban J connectivity index is 2.31. The first kappa shape index (κ1) is 15.1. The second-order valence-corrected chi connectivity index (χ2v) is 6.12. The van der Waals surface area contributed by atoms with E-state index in [0.29, 0.717) is 16.7 Å². The summed E-state index contributed by atoms with van der Waals surface area (Å²) in [6, 6.07) is 7.53. The van der Waals surface area contributed by atoms with Crippen LogP contribution >= 0.6 is 0 Å². The molecule has 2 N–H and O–H groups in total. The van der Waals surface area contributed by atoms with Crippen LogP contribution in [0.1, 0.15) is 19.5 Å².